The van der Waals surface area contributed by atoms with Crippen LogP contribution in [0.2, 0.25) is 0 Å². The lowest BCUT2D eigenvalue weighted by molar-refractivity contribution is -0.131. The minimum atomic E-state index is 0.121. The normalized spacial score (nSPS) is 15.3. The SMILES string of the molecule is CCNC(=NCC(=O)N1CCC(Cc2ccccc2)CC1)N(C)Cc1cccn1C. The van der Waals surface area contributed by atoms with Crippen LogP contribution in [-0.2, 0) is 24.8 Å². The van der Waals surface area contributed by atoms with Gasteiger partial charge >= 0.3 is 0 Å². The number of nitrogens with zero attached hydrogens (tertiary/aromatic N) is 4. The molecule has 0 saturated carbocycles. The number of aromatic nitrogens is 1. The van der Waals surface area contributed by atoms with Crippen molar-refractivity contribution in [2.45, 2.75) is 32.7 Å². The lowest BCUT2D eigenvalue weighted by Gasteiger charge is -2.32. The summed E-state index contributed by atoms with van der Waals surface area (Å²) in [7, 11) is 4.05. The third kappa shape index (κ3) is 6.12. The fourth-order valence-electron chi connectivity index (χ4n) is 4.02. The molecule has 3 rings (SSSR count). The van der Waals surface area contributed by atoms with Gasteiger partial charge in [-0.05, 0) is 49.8 Å². The Balaban J connectivity index is 1.49. The molecule has 0 radical (unpaired) electrons. The van der Waals surface area contributed by atoms with Gasteiger partial charge in [-0.15, -0.1) is 0 Å². The van der Waals surface area contributed by atoms with Crippen molar-refractivity contribution in [1.82, 2.24) is 19.7 Å². The van der Waals surface area contributed by atoms with Crippen molar-refractivity contribution in [3.05, 3.63) is 59.9 Å². The van der Waals surface area contributed by atoms with E-state index in [4.69, 9.17) is 0 Å². The van der Waals surface area contributed by atoms with Crippen LogP contribution in [0, 0.1) is 5.92 Å². The Morgan fingerprint density at radius 3 is 2.53 bits per heavy atom. The molecule has 6 heteroatoms. The summed E-state index contributed by atoms with van der Waals surface area (Å²) in [6, 6.07) is 14.8. The average molecular weight is 410 g/mol. The molecule has 0 unspecified atom stereocenters. The van der Waals surface area contributed by atoms with E-state index in [0.717, 1.165) is 51.4 Å². The van der Waals surface area contributed by atoms with Crippen molar-refractivity contribution in [2.75, 3.05) is 33.2 Å². The number of rotatable bonds is 7. The van der Waals surface area contributed by atoms with E-state index in [-0.39, 0.29) is 12.5 Å². The van der Waals surface area contributed by atoms with Crippen LogP contribution in [0.4, 0.5) is 0 Å². The van der Waals surface area contributed by atoms with Crippen LogP contribution in [-0.4, -0.2) is 59.5 Å². The number of likely N-dealkylation sites (tertiary alicyclic amines) is 1. The fourth-order valence-corrected chi connectivity index (χ4v) is 4.02. The van der Waals surface area contributed by atoms with Gasteiger partial charge in [0.2, 0.25) is 5.91 Å². The molecule has 1 aromatic carbocycles. The number of guanidine groups is 1. The van der Waals surface area contributed by atoms with Crippen molar-refractivity contribution in [3.63, 3.8) is 0 Å². The first-order valence-corrected chi connectivity index (χ1v) is 11.0. The predicted octanol–water partition coefficient (Wildman–Crippen LogP) is 2.90. The maximum Gasteiger partial charge on any atom is 0.244 e. The van der Waals surface area contributed by atoms with E-state index in [9.17, 15) is 4.79 Å². The minimum Gasteiger partial charge on any atom is -0.357 e. The summed E-state index contributed by atoms with van der Waals surface area (Å²) < 4.78 is 2.10. The zero-order chi connectivity index (χ0) is 21.3. The lowest BCUT2D eigenvalue weighted by atomic mass is 9.90. The molecule has 6 nitrogen and oxygen atoms in total. The first-order chi connectivity index (χ1) is 14.6. The number of piperidine rings is 1. The molecular formula is C24H35N5O. The van der Waals surface area contributed by atoms with E-state index in [1.807, 2.05) is 38.2 Å². The first-order valence-electron chi connectivity index (χ1n) is 11.0. The molecule has 0 aliphatic carbocycles. The Morgan fingerprint density at radius 2 is 1.90 bits per heavy atom. The maximum absolute atomic E-state index is 12.7. The van der Waals surface area contributed by atoms with Crippen LogP contribution in [0.25, 0.3) is 0 Å². The number of benzene rings is 1. The fraction of sp³-hybridized carbons (Fsp3) is 0.500. The minimum absolute atomic E-state index is 0.121. The smallest absolute Gasteiger partial charge is 0.244 e. The molecule has 162 valence electrons. The van der Waals surface area contributed by atoms with E-state index in [1.165, 1.54) is 11.3 Å². The van der Waals surface area contributed by atoms with E-state index in [1.54, 1.807) is 0 Å². The molecule has 1 fully saturated rings. The molecule has 30 heavy (non-hydrogen) atoms. The second-order valence-corrected chi connectivity index (χ2v) is 8.15. The summed E-state index contributed by atoms with van der Waals surface area (Å²) in [4.78, 5) is 21.4. The van der Waals surface area contributed by atoms with Crippen LogP contribution < -0.4 is 5.32 Å². The van der Waals surface area contributed by atoms with Crippen LogP contribution in [0.1, 0.15) is 31.0 Å². The topological polar surface area (TPSA) is 52.9 Å². The highest BCUT2D eigenvalue weighted by molar-refractivity contribution is 5.85. The van der Waals surface area contributed by atoms with Crippen LogP contribution in [0.15, 0.2) is 53.7 Å². The van der Waals surface area contributed by atoms with Crippen molar-refractivity contribution in [2.24, 2.45) is 18.0 Å². The van der Waals surface area contributed by atoms with E-state index in [0.29, 0.717) is 5.92 Å². The van der Waals surface area contributed by atoms with Gasteiger partial charge in [0.15, 0.2) is 5.96 Å². The number of carbonyl (C=O) groups excluding carboxylic acids is 1. The van der Waals surface area contributed by atoms with Crippen molar-refractivity contribution in [1.29, 1.82) is 0 Å². The Labute approximate surface area is 180 Å². The van der Waals surface area contributed by atoms with E-state index >= 15 is 0 Å². The molecule has 1 amide bonds. The zero-order valence-electron chi connectivity index (χ0n) is 18.6. The number of hydrogen-bond acceptors (Lipinski definition) is 2. The standard InChI is InChI=1S/C24H35N5O/c1-4-25-24(28(3)19-22-11-8-14-27(22)2)26-18-23(30)29-15-12-21(13-16-29)17-20-9-6-5-7-10-20/h5-11,14,21H,4,12-13,15-19H2,1-3H3,(H,25,26). The Bertz CT molecular complexity index is 821. The molecule has 2 aromatic rings. The summed E-state index contributed by atoms with van der Waals surface area (Å²) >= 11 is 0. The number of nitrogens with one attached hydrogen (secondary N) is 1. The summed E-state index contributed by atoms with van der Waals surface area (Å²) in [6.45, 7) is 5.43. The third-order valence-corrected chi connectivity index (χ3v) is 5.85. The van der Waals surface area contributed by atoms with E-state index in [2.05, 4.69) is 56.2 Å². The molecule has 1 aliphatic rings. The van der Waals surface area contributed by atoms with Crippen LogP contribution in [0.3, 0.4) is 0 Å². The van der Waals surface area contributed by atoms with E-state index < -0.39 is 0 Å². The van der Waals surface area contributed by atoms with Gasteiger partial charge in [0.05, 0.1) is 6.54 Å². The highest BCUT2D eigenvalue weighted by atomic mass is 16.2. The molecule has 0 atom stereocenters. The molecule has 0 bridgehead atoms. The molecule has 1 aromatic heterocycles. The quantitative estimate of drug-likeness (QED) is 0.565. The molecule has 1 saturated heterocycles. The zero-order valence-corrected chi connectivity index (χ0v) is 18.6. The van der Waals surface area contributed by atoms with Gasteiger partial charge in [-0.1, -0.05) is 30.3 Å². The number of carbonyl (C=O) groups is 1. The molecule has 2 heterocycles. The number of hydrogen-bond donors (Lipinski definition) is 1. The average Bonchev–Trinajstić information content (AvgIpc) is 3.16. The molecule has 0 spiro atoms. The van der Waals surface area contributed by atoms with Gasteiger partial charge in [0, 0.05) is 45.6 Å². The van der Waals surface area contributed by atoms with Gasteiger partial charge in [-0.25, -0.2) is 4.99 Å². The first kappa shape index (κ1) is 21.9. The number of aryl methyl sites for hydroxylation is 1. The highest BCUT2D eigenvalue weighted by Gasteiger charge is 2.23. The molecule has 1 aliphatic heterocycles. The van der Waals surface area contributed by atoms with Gasteiger partial charge < -0.3 is 19.7 Å². The van der Waals surface area contributed by atoms with Gasteiger partial charge in [-0.3, -0.25) is 4.79 Å². The summed E-state index contributed by atoms with van der Waals surface area (Å²) in [5.41, 5.74) is 2.60. The van der Waals surface area contributed by atoms with Crippen molar-refractivity contribution >= 4 is 11.9 Å². The second kappa shape index (κ2) is 10.9. The highest BCUT2D eigenvalue weighted by Crippen LogP contribution is 2.21. The third-order valence-electron chi connectivity index (χ3n) is 5.85. The Kier molecular flexibility index (Phi) is 7.94. The Hall–Kier alpha value is -2.76. The summed E-state index contributed by atoms with van der Waals surface area (Å²) in [5, 5.41) is 3.30. The Morgan fingerprint density at radius 1 is 1.17 bits per heavy atom. The monoisotopic (exact) mass is 409 g/mol. The summed E-state index contributed by atoms with van der Waals surface area (Å²) in [6.07, 6.45) is 5.28. The lowest BCUT2D eigenvalue weighted by Crippen LogP contribution is -2.42. The van der Waals surface area contributed by atoms with Crippen molar-refractivity contribution < 1.29 is 4.79 Å². The molecule has 1 N–H and O–H groups in total. The molecular weight excluding hydrogens is 374 g/mol. The number of amides is 1. The van der Waals surface area contributed by atoms with Gasteiger partial charge in [0.1, 0.15) is 6.54 Å². The second-order valence-electron chi connectivity index (χ2n) is 8.15. The van der Waals surface area contributed by atoms with Gasteiger partial charge in [0.25, 0.3) is 0 Å². The van der Waals surface area contributed by atoms with Crippen molar-refractivity contribution in [3.8, 4) is 0 Å². The maximum atomic E-state index is 12.7. The van der Waals surface area contributed by atoms with Gasteiger partial charge in [-0.2, -0.15) is 0 Å². The summed E-state index contributed by atoms with van der Waals surface area (Å²) in [5.74, 6) is 1.55. The van der Waals surface area contributed by atoms with Crippen LogP contribution >= 0.6 is 0 Å². The number of aliphatic imine (C=N–C) groups is 1. The largest absolute Gasteiger partial charge is 0.357 e. The predicted molar refractivity (Wildman–Crippen MR) is 122 cm³/mol. The van der Waals surface area contributed by atoms with Crippen LogP contribution in [0.5, 0.6) is 0 Å².